The topological polar surface area (TPSA) is 63.2 Å². The summed E-state index contributed by atoms with van der Waals surface area (Å²) < 4.78 is 49.4. The summed E-state index contributed by atoms with van der Waals surface area (Å²) in [4.78, 5) is 12.3. The molecule has 1 atom stereocenters. The molecule has 0 saturated carbocycles. The normalized spacial score (nSPS) is 12.7. The summed E-state index contributed by atoms with van der Waals surface area (Å²) in [6.07, 6.45) is 1.02. The Labute approximate surface area is 143 Å². The summed E-state index contributed by atoms with van der Waals surface area (Å²) in [5, 5.41) is 2.65. The highest BCUT2D eigenvalue weighted by atomic mass is 35.5. The average Bonchev–Trinajstić information content (AvgIpc) is 2.49. The minimum Gasteiger partial charge on any atom is -0.345 e. The Morgan fingerprint density at radius 2 is 1.79 bits per heavy atom. The monoisotopic (exact) mass is 373 g/mol. The van der Waals surface area contributed by atoms with Crippen LogP contribution in [0.5, 0.6) is 0 Å². The SMILES string of the molecule is C[C@@H](NC(=O)c1cc(S(C)(=O)=O)ccc1Cl)c1ccc(F)c(F)c1. The Kier molecular flexibility index (Phi) is 5.25. The van der Waals surface area contributed by atoms with Gasteiger partial charge in [0.15, 0.2) is 21.5 Å². The second-order valence-corrected chi connectivity index (χ2v) is 7.71. The molecule has 128 valence electrons. The average molecular weight is 374 g/mol. The Morgan fingerprint density at radius 1 is 1.12 bits per heavy atom. The number of hydrogen-bond acceptors (Lipinski definition) is 3. The highest BCUT2D eigenvalue weighted by Gasteiger charge is 2.18. The zero-order valence-electron chi connectivity index (χ0n) is 12.8. The van der Waals surface area contributed by atoms with E-state index in [0.29, 0.717) is 5.56 Å². The van der Waals surface area contributed by atoms with E-state index in [-0.39, 0.29) is 15.5 Å². The highest BCUT2D eigenvalue weighted by molar-refractivity contribution is 7.90. The largest absolute Gasteiger partial charge is 0.345 e. The molecule has 0 aliphatic rings. The van der Waals surface area contributed by atoms with Crippen LogP contribution in [-0.4, -0.2) is 20.6 Å². The molecule has 2 aromatic rings. The van der Waals surface area contributed by atoms with Gasteiger partial charge in [0.25, 0.3) is 5.91 Å². The summed E-state index contributed by atoms with van der Waals surface area (Å²) in [5.41, 5.74) is 0.340. The molecule has 0 aromatic heterocycles. The lowest BCUT2D eigenvalue weighted by Gasteiger charge is -2.15. The fraction of sp³-hybridized carbons (Fsp3) is 0.188. The molecule has 2 aromatic carbocycles. The van der Waals surface area contributed by atoms with Gasteiger partial charge in [-0.3, -0.25) is 4.79 Å². The Hall–Kier alpha value is -1.99. The summed E-state index contributed by atoms with van der Waals surface area (Å²) in [6, 6.07) is 6.44. The molecule has 0 fully saturated rings. The van der Waals surface area contributed by atoms with Crippen LogP contribution in [0, 0.1) is 11.6 Å². The van der Waals surface area contributed by atoms with Crippen LogP contribution in [-0.2, 0) is 9.84 Å². The first-order chi connectivity index (χ1) is 11.1. The van der Waals surface area contributed by atoms with Gasteiger partial charge in [-0.05, 0) is 42.8 Å². The first-order valence-corrected chi connectivity index (χ1v) is 9.12. The molecule has 0 radical (unpaired) electrons. The van der Waals surface area contributed by atoms with Gasteiger partial charge in [-0.25, -0.2) is 17.2 Å². The zero-order valence-corrected chi connectivity index (χ0v) is 14.4. The van der Waals surface area contributed by atoms with Crippen LogP contribution in [0.15, 0.2) is 41.3 Å². The molecule has 8 heteroatoms. The van der Waals surface area contributed by atoms with Gasteiger partial charge >= 0.3 is 0 Å². The van der Waals surface area contributed by atoms with Gasteiger partial charge < -0.3 is 5.32 Å². The van der Waals surface area contributed by atoms with Crippen molar-refractivity contribution in [3.05, 3.63) is 64.2 Å². The van der Waals surface area contributed by atoms with Crippen molar-refractivity contribution in [2.24, 2.45) is 0 Å². The fourth-order valence-electron chi connectivity index (χ4n) is 2.05. The smallest absolute Gasteiger partial charge is 0.253 e. The second-order valence-electron chi connectivity index (χ2n) is 5.28. The molecule has 0 aliphatic carbocycles. The van der Waals surface area contributed by atoms with Crippen LogP contribution in [0.4, 0.5) is 8.78 Å². The van der Waals surface area contributed by atoms with E-state index < -0.39 is 33.4 Å². The number of nitrogens with one attached hydrogen (secondary N) is 1. The molecule has 0 aliphatic heterocycles. The molecule has 0 unspecified atom stereocenters. The van der Waals surface area contributed by atoms with E-state index in [0.717, 1.165) is 18.4 Å². The van der Waals surface area contributed by atoms with Crippen molar-refractivity contribution in [3.8, 4) is 0 Å². The number of sulfone groups is 1. The highest BCUT2D eigenvalue weighted by Crippen LogP contribution is 2.22. The third kappa shape index (κ3) is 4.10. The van der Waals surface area contributed by atoms with Crippen LogP contribution in [0.1, 0.15) is 28.9 Å². The van der Waals surface area contributed by atoms with E-state index in [1.807, 2.05) is 0 Å². The summed E-state index contributed by atoms with van der Waals surface area (Å²) in [5.74, 6) is -2.63. The van der Waals surface area contributed by atoms with Gasteiger partial charge in [-0.15, -0.1) is 0 Å². The first-order valence-electron chi connectivity index (χ1n) is 6.85. The third-order valence-corrected chi connectivity index (χ3v) is 4.84. The number of hydrogen-bond donors (Lipinski definition) is 1. The van der Waals surface area contributed by atoms with Crippen molar-refractivity contribution in [2.45, 2.75) is 17.9 Å². The van der Waals surface area contributed by atoms with Crippen LogP contribution >= 0.6 is 11.6 Å². The van der Waals surface area contributed by atoms with Crippen molar-refractivity contribution < 1.29 is 22.0 Å². The lowest BCUT2D eigenvalue weighted by molar-refractivity contribution is 0.0939. The van der Waals surface area contributed by atoms with Crippen molar-refractivity contribution in [3.63, 3.8) is 0 Å². The first kappa shape index (κ1) is 18.4. The number of rotatable bonds is 4. The standard InChI is InChI=1S/C16H14ClF2NO3S/c1-9(10-3-6-14(18)15(19)7-10)20-16(21)12-8-11(24(2,22)23)4-5-13(12)17/h3-9H,1-2H3,(H,20,21)/t9-/m1/s1. The predicted molar refractivity (Wildman–Crippen MR) is 86.8 cm³/mol. The molecule has 2 rings (SSSR count). The van der Waals surface area contributed by atoms with Gasteiger partial charge in [0, 0.05) is 6.26 Å². The number of halogens is 3. The van der Waals surface area contributed by atoms with Gasteiger partial charge in [0.2, 0.25) is 0 Å². The minimum absolute atomic E-state index is 0.0194. The summed E-state index contributed by atoms with van der Waals surface area (Å²) in [6.45, 7) is 1.58. The molecule has 0 spiro atoms. The predicted octanol–water partition coefficient (Wildman–Crippen LogP) is 3.51. The van der Waals surface area contributed by atoms with Gasteiger partial charge in [-0.1, -0.05) is 17.7 Å². The summed E-state index contributed by atoms with van der Waals surface area (Å²) >= 11 is 5.95. The van der Waals surface area contributed by atoms with Crippen molar-refractivity contribution >= 4 is 27.3 Å². The quantitative estimate of drug-likeness (QED) is 0.892. The molecule has 0 bridgehead atoms. The van der Waals surface area contributed by atoms with E-state index in [9.17, 15) is 22.0 Å². The maximum atomic E-state index is 13.3. The number of carbonyl (C=O) groups excluding carboxylic acids is 1. The van der Waals surface area contributed by atoms with Crippen LogP contribution < -0.4 is 5.32 Å². The second kappa shape index (κ2) is 6.86. The summed E-state index contributed by atoms with van der Waals surface area (Å²) in [7, 11) is -3.50. The molecule has 24 heavy (non-hydrogen) atoms. The van der Waals surface area contributed by atoms with Crippen LogP contribution in [0.3, 0.4) is 0 Å². The maximum absolute atomic E-state index is 13.3. The molecule has 0 saturated heterocycles. The molecule has 1 N–H and O–H groups in total. The molecular formula is C16H14ClF2NO3S. The van der Waals surface area contributed by atoms with Gasteiger partial charge in [-0.2, -0.15) is 0 Å². The Balaban J connectivity index is 2.27. The molecular weight excluding hydrogens is 360 g/mol. The van der Waals surface area contributed by atoms with E-state index in [1.165, 1.54) is 24.3 Å². The zero-order chi connectivity index (χ0) is 18.1. The van der Waals surface area contributed by atoms with Crippen LogP contribution in [0.25, 0.3) is 0 Å². The fourth-order valence-corrected chi connectivity index (χ4v) is 2.90. The number of carbonyl (C=O) groups is 1. The van der Waals surface area contributed by atoms with Gasteiger partial charge in [0.1, 0.15) is 0 Å². The van der Waals surface area contributed by atoms with E-state index in [1.54, 1.807) is 6.92 Å². The number of benzene rings is 2. The molecule has 0 heterocycles. The van der Waals surface area contributed by atoms with Gasteiger partial charge in [0.05, 0.1) is 21.5 Å². The Bertz CT molecular complexity index is 900. The maximum Gasteiger partial charge on any atom is 0.253 e. The van der Waals surface area contributed by atoms with E-state index >= 15 is 0 Å². The minimum atomic E-state index is -3.50. The third-order valence-electron chi connectivity index (χ3n) is 3.40. The van der Waals surface area contributed by atoms with Crippen molar-refractivity contribution in [1.29, 1.82) is 0 Å². The molecule has 1 amide bonds. The van der Waals surface area contributed by atoms with E-state index in [2.05, 4.69) is 5.32 Å². The van der Waals surface area contributed by atoms with Crippen LogP contribution in [0.2, 0.25) is 5.02 Å². The van der Waals surface area contributed by atoms with E-state index in [4.69, 9.17) is 11.6 Å². The number of amides is 1. The van der Waals surface area contributed by atoms with Crippen molar-refractivity contribution in [1.82, 2.24) is 5.32 Å². The molecule has 4 nitrogen and oxygen atoms in total. The van der Waals surface area contributed by atoms with Crippen molar-refractivity contribution in [2.75, 3.05) is 6.26 Å². The Morgan fingerprint density at radius 3 is 2.38 bits per heavy atom. The lowest BCUT2D eigenvalue weighted by Crippen LogP contribution is -2.27. The lowest BCUT2D eigenvalue weighted by atomic mass is 10.1.